The maximum Gasteiger partial charge on any atom is 0.288 e. The van der Waals surface area contributed by atoms with E-state index in [1.54, 1.807) is 4.68 Å². The lowest BCUT2D eigenvalue weighted by molar-refractivity contribution is -0.123. The minimum atomic E-state index is 0.0795. The molecule has 2 aromatic rings. The van der Waals surface area contributed by atoms with Crippen LogP contribution in [0.1, 0.15) is 13.8 Å². The summed E-state index contributed by atoms with van der Waals surface area (Å²) in [7, 11) is 0. The average Bonchev–Trinajstić information content (AvgIpc) is 2.97. The first-order valence-electron chi connectivity index (χ1n) is 8.98. The number of benzene rings is 1. The third-order valence-electron chi connectivity index (χ3n) is 4.29. The van der Waals surface area contributed by atoms with Gasteiger partial charge in [0.15, 0.2) is 0 Å². The number of aromatic nitrogens is 2. The van der Waals surface area contributed by atoms with Crippen molar-refractivity contribution in [3.05, 3.63) is 33.6 Å². The van der Waals surface area contributed by atoms with Crippen molar-refractivity contribution in [2.75, 3.05) is 32.7 Å². The van der Waals surface area contributed by atoms with Crippen molar-refractivity contribution in [2.45, 2.75) is 26.6 Å². The van der Waals surface area contributed by atoms with E-state index in [4.69, 9.17) is 16.6 Å². The van der Waals surface area contributed by atoms with Gasteiger partial charge < -0.3 is 9.73 Å². The van der Waals surface area contributed by atoms with Gasteiger partial charge >= 0.3 is 0 Å². The van der Waals surface area contributed by atoms with Crippen LogP contribution in [0, 0.1) is 4.84 Å². The molecule has 2 heterocycles. The minimum Gasteiger partial charge on any atom is -0.409 e. The van der Waals surface area contributed by atoms with Crippen LogP contribution in [0.4, 0.5) is 0 Å². The smallest absolute Gasteiger partial charge is 0.288 e. The Morgan fingerprint density at radius 3 is 2.67 bits per heavy atom. The van der Waals surface area contributed by atoms with Crippen LogP contribution in [0.3, 0.4) is 0 Å². The highest BCUT2D eigenvalue weighted by Crippen LogP contribution is 2.22. The molecule has 1 saturated heterocycles. The van der Waals surface area contributed by atoms with Crippen molar-refractivity contribution in [1.29, 1.82) is 0 Å². The van der Waals surface area contributed by atoms with Crippen molar-refractivity contribution < 1.29 is 9.21 Å². The number of rotatable bonds is 6. The van der Waals surface area contributed by atoms with Crippen LogP contribution in [0.5, 0.6) is 0 Å². The molecule has 27 heavy (non-hydrogen) atoms. The van der Waals surface area contributed by atoms with E-state index < -0.39 is 0 Å². The molecule has 1 fully saturated rings. The first-order valence-corrected chi connectivity index (χ1v) is 10.2. The standard InChI is InChI=1S/C18H24BrN5O2S/c1-13(2)20-16(25)11-22-6-8-23(9-7-22)12-24-18(27)26-17(21-24)14-4-3-5-15(19)10-14/h3-5,10,13H,6-9,11-12H2,1-2H3,(H,20,25). The molecule has 0 unspecified atom stereocenters. The van der Waals surface area contributed by atoms with E-state index in [-0.39, 0.29) is 11.9 Å². The molecule has 1 N–H and O–H groups in total. The molecule has 0 radical (unpaired) electrons. The first-order chi connectivity index (χ1) is 12.9. The summed E-state index contributed by atoms with van der Waals surface area (Å²) in [5.74, 6) is 0.598. The molecule has 1 aromatic carbocycles. The average molecular weight is 454 g/mol. The van der Waals surface area contributed by atoms with Gasteiger partial charge in [-0.1, -0.05) is 22.0 Å². The Kier molecular flexibility index (Phi) is 6.80. The fourth-order valence-corrected chi connectivity index (χ4v) is 3.56. The number of carbonyl (C=O) groups is 1. The van der Waals surface area contributed by atoms with Crippen molar-refractivity contribution in [1.82, 2.24) is 24.9 Å². The van der Waals surface area contributed by atoms with Gasteiger partial charge in [-0.2, -0.15) is 0 Å². The summed E-state index contributed by atoms with van der Waals surface area (Å²) < 4.78 is 8.34. The molecule has 0 bridgehead atoms. The van der Waals surface area contributed by atoms with Crippen LogP contribution < -0.4 is 5.32 Å². The monoisotopic (exact) mass is 453 g/mol. The van der Waals surface area contributed by atoms with E-state index >= 15 is 0 Å². The molecule has 1 aliphatic rings. The maximum absolute atomic E-state index is 11.9. The summed E-state index contributed by atoms with van der Waals surface area (Å²) in [4.78, 5) is 16.7. The van der Waals surface area contributed by atoms with E-state index in [1.165, 1.54) is 0 Å². The number of hydrogen-bond donors (Lipinski definition) is 1. The number of hydrogen-bond acceptors (Lipinski definition) is 6. The molecule has 146 valence electrons. The van der Waals surface area contributed by atoms with Crippen molar-refractivity contribution >= 4 is 34.1 Å². The van der Waals surface area contributed by atoms with E-state index in [1.807, 2.05) is 38.1 Å². The third-order valence-corrected chi connectivity index (χ3v) is 5.08. The van der Waals surface area contributed by atoms with E-state index in [9.17, 15) is 4.79 Å². The minimum absolute atomic E-state index is 0.0795. The Hall–Kier alpha value is -1.55. The second kappa shape index (κ2) is 9.09. The van der Waals surface area contributed by atoms with Gasteiger partial charge in [0.25, 0.3) is 4.84 Å². The SMILES string of the molecule is CC(C)NC(=O)CN1CCN(Cn2nc(-c3cccc(Br)c3)oc2=S)CC1. The molecular weight excluding hydrogens is 430 g/mol. The molecule has 1 aliphatic heterocycles. The van der Waals surface area contributed by atoms with Gasteiger partial charge in [0.1, 0.15) is 0 Å². The summed E-state index contributed by atoms with van der Waals surface area (Å²) in [6, 6.07) is 7.96. The molecule has 9 heteroatoms. The zero-order chi connectivity index (χ0) is 19.4. The van der Waals surface area contributed by atoms with Crippen LogP contribution in [-0.4, -0.2) is 64.3 Å². The van der Waals surface area contributed by atoms with Crippen LogP contribution in [-0.2, 0) is 11.5 Å². The number of amides is 1. The Morgan fingerprint density at radius 1 is 1.30 bits per heavy atom. The predicted octanol–water partition coefficient (Wildman–Crippen LogP) is 2.73. The second-order valence-corrected chi connectivity index (χ2v) is 8.21. The molecular formula is C18H24BrN5O2S. The Balaban J connectivity index is 1.55. The largest absolute Gasteiger partial charge is 0.409 e. The summed E-state index contributed by atoms with van der Waals surface area (Å²) in [6.07, 6.45) is 0. The topological polar surface area (TPSA) is 66.5 Å². The van der Waals surface area contributed by atoms with Gasteiger partial charge in [-0.05, 0) is 44.3 Å². The third kappa shape index (κ3) is 5.71. The lowest BCUT2D eigenvalue weighted by Gasteiger charge is -2.33. The molecule has 0 atom stereocenters. The summed E-state index contributed by atoms with van der Waals surface area (Å²) in [6.45, 7) is 8.38. The number of piperazine rings is 1. The molecule has 0 saturated carbocycles. The lowest BCUT2D eigenvalue weighted by Crippen LogP contribution is -2.50. The molecule has 0 spiro atoms. The number of carbonyl (C=O) groups excluding carboxylic acids is 1. The van der Waals surface area contributed by atoms with Crippen LogP contribution in [0.15, 0.2) is 33.2 Å². The highest BCUT2D eigenvalue weighted by molar-refractivity contribution is 9.10. The van der Waals surface area contributed by atoms with Gasteiger partial charge in [-0.25, -0.2) is 4.68 Å². The van der Waals surface area contributed by atoms with Crippen molar-refractivity contribution in [3.8, 4) is 11.5 Å². The zero-order valence-electron chi connectivity index (χ0n) is 15.5. The molecule has 1 aromatic heterocycles. The fraction of sp³-hybridized carbons (Fsp3) is 0.500. The van der Waals surface area contributed by atoms with E-state index in [0.717, 1.165) is 36.2 Å². The highest BCUT2D eigenvalue weighted by Gasteiger charge is 2.20. The van der Waals surface area contributed by atoms with Gasteiger partial charge in [0.05, 0.1) is 13.2 Å². The highest BCUT2D eigenvalue weighted by atomic mass is 79.9. The van der Waals surface area contributed by atoms with Crippen LogP contribution in [0.25, 0.3) is 11.5 Å². The molecule has 1 amide bonds. The van der Waals surface area contributed by atoms with Crippen molar-refractivity contribution in [3.63, 3.8) is 0 Å². The molecule has 0 aliphatic carbocycles. The Bertz CT molecular complexity index is 842. The zero-order valence-corrected chi connectivity index (χ0v) is 17.9. The lowest BCUT2D eigenvalue weighted by atomic mass is 10.2. The Labute approximate surface area is 172 Å². The number of nitrogens with zero attached hydrogens (tertiary/aromatic N) is 4. The number of nitrogens with one attached hydrogen (secondary N) is 1. The fourth-order valence-electron chi connectivity index (χ4n) is 2.98. The maximum atomic E-state index is 11.9. The summed E-state index contributed by atoms with van der Waals surface area (Å²) in [5.41, 5.74) is 0.884. The van der Waals surface area contributed by atoms with E-state index in [2.05, 4.69) is 36.1 Å². The number of halogens is 1. The first kappa shape index (κ1) is 20.2. The van der Waals surface area contributed by atoms with Gasteiger partial charge in [-0.3, -0.25) is 14.6 Å². The molecule has 3 rings (SSSR count). The second-order valence-electron chi connectivity index (χ2n) is 6.94. The van der Waals surface area contributed by atoms with E-state index in [0.29, 0.717) is 23.9 Å². The van der Waals surface area contributed by atoms with Gasteiger partial charge in [0, 0.05) is 42.3 Å². The predicted molar refractivity (Wildman–Crippen MR) is 110 cm³/mol. The Morgan fingerprint density at radius 2 is 2.00 bits per heavy atom. The molecule has 7 nitrogen and oxygen atoms in total. The van der Waals surface area contributed by atoms with Crippen molar-refractivity contribution in [2.24, 2.45) is 0 Å². The van der Waals surface area contributed by atoms with Gasteiger partial charge in [0.2, 0.25) is 11.8 Å². The summed E-state index contributed by atoms with van der Waals surface area (Å²) in [5, 5.41) is 7.45. The van der Waals surface area contributed by atoms with Crippen LogP contribution >= 0.6 is 28.1 Å². The quantitative estimate of drug-likeness (QED) is 0.678. The summed E-state index contributed by atoms with van der Waals surface area (Å²) >= 11 is 8.78. The normalized spacial score (nSPS) is 16.0. The van der Waals surface area contributed by atoms with Gasteiger partial charge in [-0.15, -0.1) is 5.10 Å². The van der Waals surface area contributed by atoms with Crippen LogP contribution in [0.2, 0.25) is 0 Å².